The Balaban J connectivity index is 2.68. The summed E-state index contributed by atoms with van der Waals surface area (Å²) in [6.07, 6.45) is 3.28. The van der Waals surface area contributed by atoms with E-state index in [0.29, 0.717) is 19.4 Å². The molecule has 6 heteroatoms. The predicted molar refractivity (Wildman–Crippen MR) is 67.5 cm³/mol. The van der Waals surface area contributed by atoms with Crippen molar-refractivity contribution in [2.75, 3.05) is 6.54 Å². The van der Waals surface area contributed by atoms with E-state index in [1.54, 1.807) is 11.0 Å². The Morgan fingerprint density at radius 2 is 2.29 bits per heavy atom. The summed E-state index contributed by atoms with van der Waals surface area (Å²) in [4.78, 5) is 24.7. The van der Waals surface area contributed by atoms with Gasteiger partial charge in [-0.3, -0.25) is 9.59 Å². The number of nitrogens with zero attached hydrogens (tertiary/aromatic N) is 1. The van der Waals surface area contributed by atoms with Gasteiger partial charge in [0.2, 0.25) is 11.8 Å². The molecule has 2 atom stereocenters. The zero-order valence-corrected chi connectivity index (χ0v) is 11.2. The molecule has 0 aromatic rings. The summed E-state index contributed by atoms with van der Waals surface area (Å²) in [5.74, 6) is -0.475. The molecule has 0 bridgehead atoms. The third-order valence-electron chi connectivity index (χ3n) is 2.95. The van der Waals surface area contributed by atoms with Crippen LogP contribution in [0.2, 0.25) is 0 Å². The summed E-state index contributed by atoms with van der Waals surface area (Å²) in [5.41, 5.74) is 5.27. The molecule has 1 saturated heterocycles. The van der Waals surface area contributed by atoms with Crippen molar-refractivity contribution in [1.29, 1.82) is 0 Å². The van der Waals surface area contributed by atoms with E-state index in [0.717, 1.165) is 6.42 Å². The van der Waals surface area contributed by atoms with Gasteiger partial charge >= 0.3 is 0 Å². The minimum Gasteiger partial charge on any atom is -0.368 e. The highest BCUT2D eigenvalue weighted by Crippen LogP contribution is 2.25. The van der Waals surface area contributed by atoms with Crippen LogP contribution in [-0.4, -0.2) is 29.3 Å². The molecule has 4 nitrogen and oxygen atoms in total. The second kappa shape index (κ2) is 6.26. The summed E-state index contributed by atoms with van der Waals surface area (Å²) in [5, 5.41) is 0. The molecular weight excluding hydrogens is 263 g/mol. The SMILES string of the molecule is CCC(C(N)=O)N1CCC(C=C(Cl)Cl)CC1=O. The third kappa shape index (κ3) is 3.89. The maximum absolute atomic E-state index is 11.9. The first-order valence-corrected chi connectivity index (χ1v) is 6.32. The molecule has 96 valence electrons. The first-order valence-electron chi connectivity index (χ1n) is 5.57. The lowest BCUT2D eigenvalue weighted by atomic mass is 9.94. The van der Waals surface area contributed by atoms with Gasteiger partial charge in [0, 0.05) is 13.0 Å². The quantitative estimate of drug-likeness (QED) is 0.853. The van der Waals surface area contributed by atoms with E-state index in [-0.39, 0.29) is 16.3 Å². The monoisotopic (exact) mass is 278 g/mol. The van der Waals surface area contributed by atoms with Crippen molar-refractivity contribution in [3.63, 3.8) is 0 Å². The van der Waals surface area contributed by atoms with Crippen molar-refractivity contribution >= 4 is 35.0 Å². The van der Waals surface area contributed by atoms with Crippen LogP contribution in [0.1, 0.15) is 26.2 Å². The van der Waals surface area contributed by atoms with Gasteiger partial charge in [0.15, 0.2) is 0 Å². The number of rotatable bonds is 4. The number of allylic oxidation sites excluding steroid dienone is 1. The molecule has 2 N–H and O–H groups in total. The molecule has 2 amide bonds. The highest BCUT2D eigenvalue weighted by atomic mass is 35.5. The molecule has 0 aromatic heterocycles. The molecule has 2 unspecified atom stereocenters. The van der Waals surface area contributed by atoms with Crippen molar-refractivity contribution in [2.45, 2.75) is 32.2 Å². The first kappa shape index (κ1) is 14.3. The summed E-state index contributed by atoms with van der Waals surface area (Å²) in [6.45, 7) is 2.35. The van der Waals surface area contributed by atoms with Gasteiger partial charge in [0.1, 0.15) is 10.5 Å². The Morgan fingerprint density at radius 1 is 1.65 bits per heavy atom. The number of nitrogens with two attached hydrogens (primary N) is 1. The fourth-order valence-corrected chi connectivity index (χ4v) is 2.45. The Morgan fingerprint density at radius 3 is 2.71 bits per heavy atom. The van der Waals surface area contributed by atoms with Crippen LogP contribution >= 0.6 is 23.2 Å². The highest BCUT2D eigenvalue weighted by molar-refractivity contribution is 6.55. The van der Waals surface area contributed by atoms with Crippen LogP contribution in [-0.2, 0) is 9.59 Å². The fourth-order valence-electron chi connectivity index (χ4n) is 2.10. The van der Waals surface area contributed by atoms with E-state index in [1.165, 1.54) is 0 Å². The number of likely N-dealkylation sites (tertiary alicyclic amines) is 1. The molecule has 1 rings (SSSR count). The van der Waals surface area contributed by atoms with E-state index in [2.05, 4.69) is 0 Å². The van der Waals surface area contributed by atoms with Crippen molar-refractivity contribution in [3.8, 4) is 0 Å². The predicted octanol–water partition coefficient (Wildman–Crippen LogP) is 1.81. The minimum absolute atomic E-state index is 0.0501. The number of piperidine rings is 1. The maximum Gasteiger partial charge on any atom is 0.240 e. The number of amides is 2. The number of hydrogen-bond donors (Lipinski definition) is 1. The van der Waals surface area contributed by atoms with Crippen molar-refractivity contribution in [3.05, 3.63) is 10.6 Å². The molecule has 0 aliphatic carbocycles. The molecule has 0 radical (unpaired) electrons. The van der Waals surface area contributed by atoms with Crippen LogP contribution in [0.25, 0.3) is 0 Å². The van der Waals surface area contributed by atoms with Gasteiger partial charge in [0.05, 0.1) is 0 Å². The Kier molecular flexibility index (Phi) is 5.28. The van der Waals surface area contributed by atoms with Crippen molar-refractivity contribution < 1.29 is 9.59 Å². The average molecular weight is 279 g/mol. The van der Waals surface area contributed by atoms with E-state index in [9.17, 15) is 9.59 Å². The summed E-state index contributed by atoms with van der Waals surface area (Å²) in [7, 11) is 0. The van der Waals surface area contributed by atoms with Gasteiger partial charge in [0.25, 0.3) is 0 Å². The second-order valence-electron chi connectivity index (χ2n) is 4.12. The molecular formula is C11H16Cl2N2O2. The second-order valence-corrected chi connectivity index (χ2v) is 5.13. The molecule has 17 heavy (non-hydrogen) atoms. The molecule has 1 aliphatic rings. The van der Waals surface area contributed by atoms with Gasteiger partial charge in [-0.25, -0.2) is 0 Å². The molecule has 0 saturated carbocycles. The standard InChI is InChI=1S/C11H16Cl2N2O2/c1-2-8(11(14)17)15-4-3-7(5-9(12)13)6-10(15)16/h5,7-8H,2-4,6H2,1H3,(H2,14,17). The summed E-state index contributed by atoms with van der Waals surface area (Å²) in [6, 6.07) is -0.501. The van der Waals surface area contributed by atoms with Crippen molar-refractivity contribution in [1.82, 2.24) is 4.90 Å². The van der Waals surface area contributed by atoms with E-state index in [1.807, 2.05) is 6.92 Å². The lowest BCUT2D eigenvalue weighted by Gasteiger charge is -2.34. The molecule has 0 aromatic carbocycles. The van der Waals surface area contributed by atoms with Crippen LogP contribution in [0.4, 0.5) is 0 Å². The van der Waals surface area contributed by atoms with E-state index < -0.39 is 11.9 Å². The van der Waals surface area contributed by atoms with Gasteiger partial charge in [-0.05, 0) is 18.8 Å². The summed E-state index contributed by atoms with van der Waals surface area (Å²) >= 11 is 11.1. The largest absolute Gasteiger partial charge is 0.368 e. The van der Waals surface area contributed by atoms with Crippen LogP contribution in [0.3, 0.4) is 0 Å². The number of carbonyl (C=O) groups is 2. The maximum atomic E-state index is 11.9. The number of hydrogen-bond acceptors (Lipinski definition) is 2. The molecule has 1 aliphatic heterocycles. The normalized spacial score (nSPS) is 22.2. The lowest BCUT2D eigenvalue weighted by molar-refractivity contribution is -0.142. The lowest BCUT2D eigenvalue weighted by Crippen LogP contribution is -2.50. The van der Waals surface area contributed by atoms with E-state index in [4.69, 9.17) is 28.9 Å². The smallest absolute Gasteiger partial charge is 0.240 e. The molecule has 1 heterocycles. The zero-order chi connectivity index (χ0) is 13.0. The fraction of sp³-hybridized carbons (Fsp3) is 0.636. The average Bonchev–Trinajstić information content (AvgIpc) is 2.20. The number of primary amides is 1. The van der Waals surface area contributed by atoms with Crippen LogP contribution in [0, 0.1) is 5.92 Å². The zero-order valence-electron chi connectivity index (χ0n) is 9.66. The van der Waals surface area contributed by atoms with Crippen LogP contribution in [0.5, 0.6) is 0 Å². The number of carbonyl (C=O) groups excluding carboxylic acids is 2. The van der Waals surface area contributed by atoms with Crippen LogP contribution < -0.4 is 5.73 Å². The highest BCUT2D eigenvalue weighted by Gasteiger charge is 2.31. The topological polar surface area (TPSA) is 63.4 Å². The Bertz CT molecular complexity index is 340. The van der Waals surface area contributed by atoms with Gasteiger partial charge in [-0.15, -0.1) is 0 Å². The Labute approximate surface area is 111 Å². The Hall–Kier alpha value is -0.740. The molecule has 1 fully saturated rings. The molecule has 0 spiro atoms. The number of halogens is 2. The van der Waals surface area contributed by atoms with Gasteiger partial charge < -0.3 is 10.6 Å². The van der Waals surface area contributed by atoms with Gasteiger partial charge in [-0.2, -0.15) is 0 Å². The minimum atomic E-state index is -0.501. The third-order valence-corrected chi connectivity index (χ3v) is 3.20. The van der Waals surface area contributed by atoms with E-state index >= 15 is 0 Å². The van der Waals surface area contributed by atoms with Crippen molar-refractivity contribution in [2.24, 2.45) is 11.7 Å². The van der Waals surface area contributed by atoms with Crippen LogP contribution in [0.15, 0.2) is 10.6 Å². The van der Waals surface area contributed by atoms with Gasteiger partial charge in [-0.1, -0.05) is 36.2 Å². The summed E-state index contributed by atoms with van der Waals surface area (Å²) < 4.78 is 0.179. The first-order chi connectivity index (χ1) is 7.95.